The Morgan fingerprint density at radius 3 is 2.94 bits per heavy atom. The molecule has 9 heteroatoms. The number of hydrogen-bond acceptors (Lipinski definition) is 6. The lowest BCUT2D eigenvalue weighted by Gasteiger charge is -2.35. The van der Waals surface area contributed by atoms with Gasteiger partial charge in [-0.2, -0.15) is 0 Å². The van der Waals surface area contributed by atoms with Crippen molar-refractivity contribution in [3.63, 3.8) is 0 Å². The maximum absolute atomic E-state index is 14.4. The number of halogens is 2. The Bertz CT molecular complexity index is 1140. The molecule has 31 heavy (non-hydrogen) atoms. The molecule has 3 aromatic rings. The summed E-state index contributed by atoms with van der Waals surface area (Å²) in [6, 6.07) is 8.11. The van der Waals surface area contributed by atoms with Crippen LogP contribution in [0.3, 0.4) is 0 Å². The van der Waals surface area contributed by atoms with Gasteiger partial charge < -0.3 is 15.8 Å². The molecular weight excluding hydrogens is 421 g/mol. The quantitative estimate of drug-likeness (QED) is 0.623. The number of carbonyl (C=O) groups is 1. The van der Waals surface area contributed by atoms with Gasteiger partial charge in [0, 0.05) is 18.4 Å². The molecule has 3 N–H and O–H groups in total. The van der Waals surface area contributed by atoms with Crippen LogP contribution in [0.25, 0.3) is 10.9 Å². The van der Waals surface area contributed by atoms with Crippen molar-refractivity contribution >= 4 is 39.9 Å². The van der Waals surface area contributed by atoms with Crippen molar-refractivity contribution < 1.29 is 13.9 Å². The second-order valence-corrected chi connectivity index (χ2v) is 8.15. The van der Waals surface area contributed by atoms with Gasteiger partial charge >= 0.3 is 0 Å². The highest BCUT2D eigenvalue weighted by molar-refractivity contribution is 6.31. The van der Waals surface area contributed by atoms with Crippen LogP contribution in [0.1, 0.15) is 18.4 Å². The highest BCUT2D eigenvalue weighted by Crippen LogP contribution is 2.33. The maximum Gasteiger partial charge on any atom is 0.234 e. The van der Waals surface area contributed by atoms with Gasteiger partial charge in [0.25, 0.3) is 0 Å². The molecule has 0 bridgehead atoms. The van der Waals surface area contributed by atoms with Gasteiger partial charge in [0.05, 0.1) is 22.3 Å². The molecule has 1 aromatic heterocycles. The molecule has 0 radical (unpaired) electrons. The Kier molecular flexibility index (Phi) is 5.93. The number of aromatic nitrogens is 2. The Morgan fingerprint density at radius 2 is 2.16 bits per heavy atom. The van der Waals surface area contributed by atoms with Crippen molar-refractivity contribution in [2.24, 2.45) is 5.73 Å². The van der Waals surface area contributed by atoms with Crippen LogP contribution >= 0.6 is 11.6 Å². The fourth-order valence-electron chi connectivity index (χ4n) is 3.81. The van der Waals surface area contributed by atoms with Crippen molar-refractivity contribution in [2.75, 3.05) is 18.9 Å². The largest absolute Gasteiger partial charge is 0.490 e. The van der Waals surface area contributed by atoms with E-state index in [0.29, 0.717) is 28.9 Å². The molecule has 0 spiro atoms. The summed E-state index contributed by atoms with van der Waals surface area (Å²) < 4.78 is 20.6. The molecule has 7 nitrogen and oxygen atoms in total. The number of nitrogens with one attached hydrogen (secondary N) is 1. The number of piperidine rings is 1. The summed E-state index contributed by atoms with van der Waals surface area (Å²) in [5.41, 5.74) is 7.35. The lowest BCUT2D eigenvalue weighted by molar-refractivity contribution is -0.125. The van der Waals surface area contributed by atoms with Gasteiger partial charge in [-0.3, -0.25) is 9.69 Å². The highest BCUT2D eigenvalue weighted by Gasteiger charge is 2.31. The third kappa shape index (κ3) is 4.40. The molecule has 2 heterocycles. The fraction of sp³-hybridized carbons (Fsp3) is 0.318. The number of aryl methyl sites for hydroxylation is 1. The topological polar surface area (TPSA) is 93.4 Å². The average molecular weight is 444 g/mol. The first-order valence-electron chi connectivity index (χ1n) is 9.96. The first kappa shape index (κ1) is 21.3. The minimum absolute atomic E-state index is 0.0227. The number of amides is 1. The van der Waals surface area contributed by atoms with Crippen LogP contribution in [0, 0.1) is 12.7 Å². The van der Waals surface area contributed by atoms with Crippen LogP contribution in [0.2, 0.25) is 5.02 Å². The van der Waals surface area contributed by atoms with E-state index in [4.69, 9.17) is 22.1 Å². The normalized spacial score (nSPS) is 19.4. The third-order valence-corrected chi connectivity index (χ3v) is 5.87. The second kappa shape index (κ2) is 8.64. The Balaban J connectivity index is 1.65. The average Bonchev–Trinajstić information content (AvgIpc) is 2.73. The predicted octanol–water partition coefficient (Wildman–Crippen LogP) is 3.80. The molecule has 1 aliphatic rings. The summed E-state index contributed by atoms with van der Waals surface area (Å²) in [5.74, 6) is 0.196. The minimum atomic E-state index is -0.552. The van der Waals surface area contributed by atoms with E-state index >= 15 is 0 Å². The number of likely N-dealkylation sites (N-methyl/N-ethyl adjacent to an activating group) is 1. The predicted molar refractivity (Wildman–Crippen MR) is 118 cm³/mol. The number of ether oxygens (including phenoxy) is 1. The van der Waals surface area contributed by atoms with Crippen molar-refractivity contribution in [1.82, 2.24) is 14.9 Å². The number of fused-ring (bicyclic) bond motifs is 1. The number of rotatable bonds is 5. The van der Waals surface area contributed by atoms with E-state index in [1.54, 1.807) is 12.1 Å². The number of nitrogens with zero attached hydrogens (tertiary/aromatic N) is 3. The minimum Gasteiger partial charge on any atom is -0.490 e. The summed E-state index contributed by atoms with van der Waals surface area (Å²) in [5, 5.41) is 3.71. The van der Waals surface area contributed by atoms with Gasteiger partial charge in [-0.15, -0.1) is 0 Å². The molecular formula is C22H23ClFN5O2. The molecule has 2 aromatic carbocycles. The van der Waals surface area contributed by atoms with E-state index in [1.807, 2.05) is 31.0 Å². The van der Waals surface area contributed by atoms with Gasteiger partial charge in [-0.25, -0.2) is 14.4 Å². The monoisotopic (exact) mass is 443 g/mol. The van der Waals surface area contributed by atoms with Crippen molar-refractivity contribution in [3.05, 3.63) is 53.1 Å². The first-order valence-corrected chi connectivity index (χ1v) is 10.3. The Morgan fingerprint density at radius 1 is 1.35 bits per heavy atom. The molecule has 2 atom stereocenters. The number of likely N-dealkylation sites (tertiary alicyclic amines) is 1. The summed E-state index contributed by atoms with van der Waals surface area (Å²) in [4.78, 5) is 22.3. The number of anilines is 2. The van der Waals surface area contributed by atoms with Gasteiger partial charge in [0.15, 0.2) is 5.82 Å². The van der Waals surface area contributed by atoms with Crippen LogP contribution in [0.5, 0.6) is 5.75 Å². The number of primary amides is 1. The van der Waals surface area contributed by atoms with Gasteiger partial charge in [0.1, 0.15) is 24.0 Å². The Hall–Kier alpha value is -2.97. The van der Waals surface area contributed by atoms with E-state index in [-0.39, 0.29) is 28.8 Å². The molecule has 1 unspecified atom stereocenters. The van der Waals surface area contributed by atoms with Crippen LogP contribution in [0.15, 0.2) is 36.7 Å². The van der Waals surface area contributed by atoms with Crippen LogP contribution < -0.4 is 15.8 Å². The van der Waals surface area contributed by atoms with E-state index in [0.717, 1.165) is 18.5 Å². The zero-order valence-corrected chi connectivity index (χ0v) is 18.0. The lowest BCUT2D eigenvalue weighted by atomic mass is 9.99. The van der Waals surface area contributed by atoms with E-state index in [2.05, 4.69) is 15.3 Å². The molecule has 162 valence electrons. The summed E-state index contributed by atoms with van der Waals surface area (Å²) >= 11 is 5.89. The number of nitrogens with two attached hydrogens (primary N) is 1. The maximum atomic E-state index is 14.4. The smallest absolute Gasteiger partial charge is 0.234 e. The summed E-state index contributed by atoms with van der Waals surface area (Å²) in [6.07, 6.45) is 2.58. The zero-order valence-electron chi connectivity index (χ0n) is 17.2. The third-order valence-electron chi connectivity index (χ3n) is 5.58. The van der Waals surface area contributed by atoms with E-state index in [1.165, 1.54) is 12.4 Å². The molecule has 1 aliphatic heterocycles. The number of hydrogen-bond donors (Lipinski definition) is 2. The van der Waals surface area contributed by atoms with Crippen LogP contribution in [-0.4, -0.2) is 46.5 Å². The van der Waals surface area contributed by atoms with E-state index < -0.39 is 5.82 Å². The molecule has 1 saturated heterocycles. The van der Waals surface area contributed by atoms with Gasteiger partial charge in [-0.1, -0.05) is 17.7 Å². The second-order valence-electron chi connectivity index (χ2n) is 7.75. The van der Waals surface area contributed by atoms with Crippen molar-refractivity contribution in [2.45, 2.75) is 31.9 Å². The first-order chi connectivity index (χ1) is 14.8. The number of benzene rings is 2. The molecule has 0 aliphatic carbocycles. The summed E-state index contributed by atoms with van der Waals surface area (Å²) in [6.45, 7) is 2.65. The highest BCUT2D eigenvalue weighted by atomic mass is 35.5. The van der Waals surface area contributed by atoms with Gasteiger partial charge in [0.2, 0.25) is 5.91 Å². The van der Waals surface area contributed by atoms with Crippen molar-refractivity contribution in [1.29, 1.82) is 0 Å². The molecule has 1 amide bonds. The Labute approximate surface area is 184 Å². The SMILES string of the molecule is Cc1cc2ncnc(Nc3cccc(Cl)c3F)c2cc1O[C@@H]1CCN(C)C(C(N)=O)C1. The zero-order chi connectivity index (χ0) is 22.1. The van der Waals surface area contributed by atoms with Gasteiger partial charge in [-0.05, 0) is 50.2 Å². The van der Waals surface area contributed by atoms with E-state index in [9.17, 15) is 9.18 Å². The molecule has 1 fully saturated rings. The lowest BCUT2D eigenvalue weighted by Crippen LogP contribution is -2.50. The van der Waals surface area contributed by atoms with Crippen LogP contribution in [0.4, 0.5) is 15.9 Å². The van der Waals surface area contributed by atoms with Crippen LogP contribution in [-0.2, 0) is 4.79 Å². The van der Waals surface area contributed by atoms with Crippen molar-refractivity contribution in [3.8, 4) is 5.75 Å². The molecule has 4 rings (SSSR count). The molecule has 0 saturated carbocycles. The standard InChI is InChI=1S/C22H23ClFN5O2/c1-12-8-17-14(10-19(12)31-13-6-7-29(2)18(9-13)21(25)30)22(27-11-26-17)28-16-5-3-4-15(23)20(16)24/h3-5,8,10-11,13,18H,6-7,9H2,1-2H3,(H2,25,30)(H,26,27,28)/t13-,18?/m1/s1. The fourth-order valence-corrected chi connectivity index (χ4v) is 3.99. The summed E-state index contributed by atoms with van der Waals surface area (Å²) in [7, 11) is 1.89. The number of carbonyl (C=O) groups excluding carboxylic acids is 1.